The highest BCUT2D eigenvalue weighted by Gasteiger charge is 2.24. The van der Waals surface area contributed by atoms with Crippen molar-refractivity contribution in [1.82, 2.24) is 10.6 Å². The molecule has 11 heteroatoms. The van der Waals surface area contributed by atoms with Crippen molar-refractivity contribution in [3.05, 3.63) is 36.5 Å². The first-order valence-electron chi connectivity index (χ1n) is 8.58. The van der Waals surface area contributed by atoms with E-state index in [-0.39, 0.29) is 5.88 Å². The molecule has 0 aliphatic rings. The normalized spacial score (nSPS) is 12.8. The molecule has 1 heterocycles. The van der Waals surface area contributed by atoms with Crippen LogP contribution in [0.5, 0.6) is 0 Å². The van der Waals surface area contributed by atoms with Crippen molar-refractivity contribution in [2.75, 3.05) is 13.7 Å². The number of carbonyl (C=O) groups excluding carboxylic acids is 2. The second kappa shape index (κ2) is 9.53. The van der Waals surface area contributed by atoms with E-state index in [1.807, 2.05) is 18.2 Å². The van der Waals surface area contributed by atoms with Crippen LogP contribution in [0.25, 0.3) is 5.69 Å². The molecule has 29 heavy (non-hydrogen) atoms. The van der Waals surface area contributed by atoms with E-state index in [1.165, 1.54) is 10.9 Å². The Kier molecular flexibility index (Phi) is 7.12. The number of hydrogen-bond donors (Lipinski definition) is 1. The molecule has 0 bridgehead atoms. The molecule has 0 fully saturated rings. The zero-order chi connectivity index (χ0) is 21.4. The van der Waals surface area contributed by atoms with Crippen LogP contribution in [0.3, 0.4) is 0 Å². The van der Waals surface area contributed by atoms with Gasteiger partial charge in [0.2, 0.25) is 11.0 Å². The van der Waals surface area contributed by atoms with E-state index in [4.69, 9.17) is 14.0 Å². The number of nitrogens with zero attached hydrogens (tertiary/aromatic N) is 3. The van der Waals surface area contributed by atoms with Gasteiger partial charge >= 0.3 is 17.9 Å². The highest BCUT2D eigenvalue weighted by molar-refractivity contribution is 5.81. The second-order valence-corrected chi connectivity index (χ2v) is 6.73. The number of ether oxygens (including phenoxy) is 3. The lowest BCUT2D eigenvalue weighted by Gasteiger charge is -2.24. The Balaban J connectivity index is 1.98. The molecular weight excluding hydrogens is 384 g/mol. The number of hydrogen-bond acceptors (Lipinski definition) is 9. The first-order chi connectivity index (χ1) is 13.7. The van der Waals surface area contributed by atoms with Gasteiger partial charge in [0, 0.05) is 18.7 Å². The molecular formula is C18H22N4O7. The zero-order valence-electron chi connectivity index (χ0n) is 16.4. The number of methoxy groups -OCH3 is 1. The van der Waals surface area contributed by atoms with Gasteiger partial charge in [0.15, 0.2) is 6.08 Å². The zero-order valence-corrected chi connectivity index (χ0v) is 16.4. The monoisotopic (exact) mass is 406 g/mol. The van der Waals surface area contributed by atoms with Crippen molar-refractivity contribution >= 4 is 24.0 Å². The third kappa shape index (κ3) is 7.13. The van der Waals surface area contributed by atoms with Gasteiger partial charge in [0.05, 0.1) is 7.11 Å². The van der Waals surface area contributed by atoms with E-state index >= 15 is 0 Å². The molecule has 0 aliphatic carbocycles. The summed E-state index contributed by atoms with van der Waals surface area (Å²) >= 11 is 0. The number of aliphatic imine (C=N–C) groups is 1. The lowest BCUT2D eigenvalue weighted by Crippen LogP contribution is -2.47. The molecule has 1 atom stereocenters. The Bertz CT molecular complexity index is 859. The number of para-hydroxylation sites is 1. The van der Waals surface area contributed by atoms with E-state index in [9.17, 15) is 14.7 Å². The van der Waals surface area contributed by atoms with Gasteiger partial charge in [-0.3, -0.25) is 4.52 Å². The molecule has 1 aromatic carbocycles. The number of rotatable bonds is 6. The summed E-state index contributed by atoms with van der Waals surface area (Å²) in [5.41, 5.74) is -0.0599. The number of alkyl carbamates (subject to hydrolysis) is 1. The molecule has 0 spiro atoms. The minimum absolute atomic E-state index is 0.103. The molecule has 2 rings (SSSR count). The molecule has 0 unspecified atom stereocenters. The number of nitrogens with one attached hydrogen (secondary N) is 1. The van der Waals surface area contributed by atoms with Crippen molar-refractivity contribution in [2.45, 2.75) is 32.4 Å². The Morgan fingerprint density at radius 2 is 2.00 bits per heavy atom. The van der Waals surface area contributed by atoms with Crippen LogP contribution in [0.15, 0.2) is 46.0 Å². The molecule has 11 nitrogen and oxygen atoms in total. The highest BCUT2D eigenvalue weighted by Crippen LogP contribution is 2.09. The Morgan fingerprint density at radius 3 is 2.62 bits per heavy atom. The van der Waals surface area contributed by atoms with Crippen LogP contribution in [0.2, 0.25) is 0 Å². The fourth-order valence-corrected chi connectivity index (χ4v) is 2.03. The third-order valence-corrected chi connectivity index (χ3v) is 3.23. The third-order valence-electron chi connectivity index (χ3n) is 3.23. The summed E-state index contributed by atoms with van der Waals surface area (Å²) in [5.74, 6) is -0.918. The smallest absolute Gasteiger partial charge is 0.408 e. The van der Waals surface area contributed by atoms with Crippen LogP contribution in [0.1, 0.15) is 20.8 Å². The van der Waals surface area contributed by atoms with E-state index < -0.39 is 36.4 Å². The van der Waals surface area contributed by atoms with Gasteiger partial charge in [-0.1, -0.05) is 18.2 Å². The summed E-state index contributed by atoms with van der Waals surface area (Å²) in [6.45, 7) is 4.48. The summed E-state index contributed by atoms with van der Waals surface area (Å²) < 4.78 is 20.9. The molecule has 1 N–H and O–H groups in total. The van der Waals surface area contributed by atoms with Crippen LogP contribution in [-0.2, 0) is 19.0 Å². The number of carbonyl (C=O) groups is 2. The first-order valence-corrected chi connectivity index (χ1v) is 8.58. The van der Waals surface area contributed by atoms with Crippen molar-refractivity contribution in [3.63, 3.8) is 0 Å². The highest BCUT2D eigenvalue weighted by atomic mass is 16.6. The number of benzene rings is 1. The lowest BCUT2D eigenvalue weighted by atomic mass is 10.2. The standard InChI is InChI=1S/C18H22N4O7/c1-18(2,3)28-17(25)19-13(15(23)26-4)11-27-16(24)20-14-10-22(21-29-14)12-8-6-5-7-9-12/h5-10,13H,11H2,1-4H3,(H-,19,20,21,24,25)/t13-/m0/s1. The van der Waals surface area contributed by atoms with Crippen molar-refractivity contribution in [1.29, 1.82) is 0 Å². The van der Waals surface area contributed by atoms with Crippen LogP contribution >= 0.6 is 0 Å². The second-order valence-electron chi connectivity index (χ2n) is 6.73. The maximum Gasteiger partial charge on any atom is 0.408 e. The van der Waals surface area contributed by atoms with E-state index in [0.717, 1.165) is 7.11 Å². The fraction of sp³-hybridized carbons (Fsp3) is 0.389. The molecule has 0 aliphatic heterocycles. The van der Waals surface area contributed by atoms with Crippen LogP contribution < -0.4 is 15.1 Å². The number of aromatic nitrogens is 2. The largest absolute Gasteiger partial charge is 0.597 e. The average molecular weight is 406 g/mol. The van der Waals surface area contributed by atoms with Crippen molar-refractivity contribution in [2.24, 2.45) is 4.99 Å². The average Bonchev–Trinajstić information content (AvgIpc) is 3.12. The van der Waals surface area contributed by atoms with Gasteiger partial charge in [-0.25, -0.2) is 9.59 Å². The summed E-state index contributed by atoms with van der Waals surface area (Å²) in [5, 5.41) is 17.9. The van der Waals surface area contributed by atoms with Crippen LogP contribution in [0.4, 0.5) is 10.7 Å². The molecule has 2 aromatic rings. The number of esters is 1. The summed E-state index contributed by atoms with van der Waals surface area (Å²) in [6, 6.07) is 7.77. The number of amides is 1. The van der Waals surface area contributed by atoms with Gasteiger partial charge in [-0.05, 0) is 25.5 Å². The predicted octanol–water partition coefficient (Wildman–Crippen LogP) is 0.382. The minimum atomic E-state index is -1.27. The summed E-state index contributed by atoms with van der Waals surface area (Å²) in [6.07, 6.45) is -0.519. The SMILES string of the molecule is COC(=O)[C@H](CO/C([O-])=N/c1c[n+](-c2ccccc2)no1)NC(=O)OC(C)(C)C. The molecule has 1 amide bonds. The minimum Gasteiger partial charge on any atom is -0.597 e. The molecule has 0 saturated carbocycles. The van der Waals surface area contributed by atoms with Crippen LogP contribution in [-0.4, -0.2) is 48.8 Å². The van der Waals surface area contributed by atoms with Crippen molar-refractivity contribution in [3.8, 4) is 5.69 Å². The Hall–Kier alpha value is -3.63. The molecule has 156 valence electrons. The molecule has 1 aromatic heterocycles. The van der Waals surface area contributed by atoms with E-state index in [1.54, 1.807) is 32.9 Å². The fourth-order valence-electron chi connectivity index (χ4n) is 2.03. The predicted molar refractivity (Wildman–Crippen MR) is 96.3 cm³/mol. The summed E-state index contributed by atoms with van der Waals surface area (Å²) in [7, 11) is 1.13. The maximum atomic E-state index is 11.9. The topological polar surface area (TPSA) is 139 Å². The van der Waals surface area contributed by atoms with Crippen LogP contribution in [0, 0.1) is 0 Å². The Labute approximate surface area is 166 Å². The molecule has 0 saturated heterocycles. The van der Waals surface area contributed by atoms with Gasteiger partial charge in [0.1, 0.15) is 11.6 Å². The first kappa shape index (κ1) is 21.7. The Morgan fingerprint density at radius 1 is 1.31 bits per heavy atom. The van der Waals surface area contributed by atoms with E-state index in [2.05, 4.69) is 20.3 Å². The van der Waals surface area contributed by atoms with Gasteiger partial charge in [0.25, 0.3) is 6.20 Å². The quantitative estimate of drug-likeness (QED) is 0.314. The lowest BCUT2D eigenvalue weighted by molar-refractivity contribution is -0.670. The van der Waals surface area contributed by atoms with Gasteiger partial charge in [-0.15, -0.1) is 0 Å². The molecule has 0 radical (unpaired) electrons. The van der Waals surface area contributed by atoms with Gasteiger partial charge in [-0.2, -0.15) is 4.99 Å². The summed E-state index contributed by atoms with van der Waals surface area (Å²) in [4.78, 5) is 27.2. The van der Waals surface area contributed by atoms with Gasteiger partial charge < -0.3 is 24.6 Å². The van der Waals surface area contributed by atoms with E-state index in [0.29, 0.717) is 5.69 Å². The van der Waals surface area contributed by atoms with Crippen molar-refractivity contribution < 1.29 is 38.1 Å². The maximum absolute atomic E-state index is 11.9.